The zero-order valence-electron chi connectivity index (χ0n) is 9.53. The molecular formula is C13H17NO2. The van der Waals surface area contributed by atoms with E-state index in [1.807, 2.05) is 0 Å². The lowest BCUT2D eigenvalue weighted by molar-refractivity contribution is 0.407. The van der Waals surface area contributed by atoms with E-state index in [1.165, 1.54) is 16.8 Å². The van der Waals surface area contributed by atoms with Crippen LogP contribution in [0.3, 0.4) is 0 Å². The van der Waals surface area contributed by atoms with Crippen LogP contribution in [0.25, 0.3) is 0 Å². The number of ether oxygens (including phenoxy) is 2. The van der Waals surface area contributed by atoms with Crippen molar-refractivity contribution in [1.29, 1.82) is 0 Å². The summed E-state index contributed by atoms with van der Waals surface area (Å²) in [5.74, 6) is 0. The smallest absolute Gasteiger partial charge is 0.0981 e. The minimum Gasteiger partial charge on any atom is -0.382 e. The van der Waals surface area contributed by atoms with E-state index in [0.717, 1.165) is 26.2 Å². The van der Waals surface area contributed by atoms with Gasteiger partial charge in [0, 0.05) is 18.7 Å². The zero-order valence-corrected chi connectivity index (χ0v) is 9.53. The predicted molar refractivity (Wildman–Crippen MR) is 62.9 cm³/mol. The maximum atomic E-state index is 5.28. The molecule has 2 fully saturated rings. The molecule has 0 radical (unpaired) electrons. The summed E-state index contributed by atoms with van der Waals surface area (Å²) in [7, 11) is 0. The standard InChI is InChI=1S/C13H17NO2/c1-9-10(5-11-7-15-11)3-2-4-13(9)14-6-12-8-16-12/h2-4,11-12,14H,5-8H2,1H3. The van der Waals surface area contributed by atoms with Gasteiger partial charge >= 0.3 is 0 Å². The normalized spacial score (nSPS) is 26.6. The molecule has 0 aliphatic carbocycles. The van der Waals surface area contributed by atoms with Crippen LogP contribution in [0, 0.1) is 6.92 Å². The van der Waals surface area contributed by atoms with E-state index >= 15 is 0 Å². The van der Waals surface area contributed by atoms with Gasteiger partial charge in [0.05, 0.1) is 25.4 Å². The van der Waals surface area contributed by atoms with Gasteiger partial charge in [0.15, 0.2) is 0 Å². The molecular weight excluding hydrogens is 202 g/mol. The van der Waals surface area contributed by atoms with Crippen LogP contribution in [0.15, 0.2) is 18.2 Å². The molecule has 3 rings (SSSR count). The van der Waals surface area contributed by atoms with Gasteiger partial charge in [0.25, 0.3) is 0 Å². The van der Waals surface area contributed by atoms with E-state index in [-0.39, 0.29) is 0 Å². The molecule has 0 spiro atoms. The summed E-state index contributed by atoms with van der Waals surface area (Å²) in [4.78, 5) is 0. The van der Waals surface area contributed by atoms with E-state index in [0.29, 0.717) is 12.2 Å². The quantitative estimate of drug-likeness (QED) is 0.766. The second kappa shape index (κ2) is 4.07. The van der Waals surface area contributed by atoms with Gasteiger partial charge in [0.2, 0.25) is 0 Å². The van der Waals surface area contributed by atoms with Gasteiger partial charge in [-0.3, -0.25) is 0 Å². The van der Waals surface area contributed by atoms with Crippen molar-refractivity contribution in [1.82, 2.24) is 0 Å². The lowest BCUT2D eigenvalue weighted by Gasteiger charge is -2.12. The third kappa shape index (κ3) is 2.36. The Morgan fingerprint density at radius 3 is 2.69 bits per heavy atom. The Labute approximate surface area is 95.8 Å². The van der Waals surface area contributed by atoms with Gasteiger partial charge in [-0.2, -0.15) is 0 Å². The Balaban J connectivity index is 1.69. The molecule has 0 amide bonds. The summed E-state index contributed by atoms with van der Waals surface area (Å²) in [6.45, 7) is 4.92. The first-order chi connectivity index (χ1) is 7.83. The van der Waals surface area contributed by atoms with E-state index in [2.05, 4.69) is 30.4 Å². The third-order valence-electron chi connectivity index (χ3n) is 3.22. The summed E-state index contributed by atoms with van der Waals surface area (Å²) in [6.07, 6.45) is 1.93. The van der Waals surface area contributed by atoms with Crippen LogP contribution < -0.4 is 5.32 Å². The van der Waals surface area contributed by atoms with Crippen molar-refractivity contribution in [2.45, 2.75) is 25.6 Å². The first-order valence-corrected chi connectivity index (χ1v) is 5.88. The second-order valence-corrected chi connectivity index (χ2v) is 4.59. The summed E-state index contributed by atoms with van der Waals surface area (Å²) in [5.41, 5.74) is 3.97. The van der Waals surface area contributed by atoms with Gasteiger partial charge in [0.1, 0.15) is 0 Å². The Morgan fingerprint density at radius 1 is 1.25 bits per heavy atom. The van der Waals surface area contributed by atoms with Crippen LogP contribution in [0.2, 0.25) is 0 Å². The molecule has 2 aliphatic rings. The average Bonchev–Trinajstić information content (AvgIpc) is 3.13. The highest BCUT2D eigenvalue weighted by Crippen LogP contribution is 2.24. The number of benzene rings is 1. The highest BCUT2D eigenvalue weighted by Gasteiger charge is 2.24. The van der Waals surface area contributed by atoms with Crippen molar-refractivity contribution in [3.8, 4) is 0 Å². The highest BCUT2D eigenvalue weighted by molar-refractivity contribution is 5.54. The number of hydrogen-bond donors (Lipinski definition) is 1. The SMILES string of the molecule is Cc1c(CC2CO2)cccc1NCC1CO1. The Morgan fingerprint density at radius 2 is 2.00 bits per heavy atom. The molecule has 0 saturated carbocycles. The molecule has 1 aromatic rings. The van der Waals surface area contributed by atoms with Crippen LogP contribution >= 0.6 is 0 Å². The monoisotopic (exact) mass is 219 g/mol. The lowest BCUT2D eigenvalue weighted by atomic mass is 10.0. The topological polar surface area (TPSA) is 37.1 Å². The van der Waals surface area contributed by atoms with Gasteiger partial charge in [-0.1, -0.05) is 12.1 Å². The van der Waals surface area contributed by atoms with Gasteiger partial charge in [-0.05, 0) is 24.1 Å². The fourth-order valence-corrected chi connectivity index (χ4v) is 1.94. The molecule has 2 heterocycles. The van der Waals surface area contributed by atoms with Gasteiger partial charge < -0.3 is 14.8 Å². The van der Waals surface area contributed by atoms with Crippen molar-refractivity contribution in [2.24, 2.45) is 0 Å². The minimum atomic E-state index is 0.426. The van der Waals surface area contributed by atoms with Crippen molar-refractivity contribution in [3.63, 3.8) is 0 Å². The van der Waals surface area contributed by atoms with E-state index in [1.54, 1.807) is 0 Å². The van der Waals surface area contributed by atoms with E-state index in [9.17, 15) is 0 Å². The van der Waals surface area contributed by atoms with Crippen LogP contribution in [-0.4, -0.2) is 32.0 Å². The summed E-state index contributed by atoms with van der Waals surface area (Å²) >= 11 is 0. The van der Waals surface area contributed by atoms with Crippen LogP contribution in [0.1, 0.15) is 11.1 Å². The van der Waals surface area contributed by atoms with Crippen molar-refractivity contribution >= 4 is 5.69 Å². The minimum absolute atomic E-state index is 0.426. The largest absolute Gasteiger partial charge is 0.382 e. The Kier molecular flexibility index (Phi) is 2.58. The highest BCUT2D eigenvalue weighted by atomic mass is 16.6. The molecule has 2 saturated heterocycles. The molecule has 2 unspecified atom stereocenters. The summed E-state index contributed by atoms with van der Waals surface area (Å²) < 4.78 is 10.5. The molecule has 1 aromatic carbocycles. The maximum absolute atomic E-state index is 5.28. The summed E-state index contributed by atoms with van der Waals surface area (Å²) in [5, 5.41) is 3.44. The Bertz CT molecular complexity index is 384. The molecule has 86 valence electrons. The molecule has 3 heteroatoms. The molecule has 2 atom stereocenters. The number of rotatable bonds is 5. The first-order valence-electron chi connectivity index (χ1n) is 5.88. The molecule has 0 aromatic heterocycles. The van der Waals surface area contributed by atoms with Crippen molar-refractivity contribution in [2.75, 3.05) is 25.1 Å². The van der Waals surface area contributed by atoms with Gasteiger partial charge in [-0.25, -0.2) is 0 Å². The second-order valence-electron chi connectivity index (χ2n) is 4.59. The zero-order chi connectivity index (χ0) is 11.0. The molecule has 3 nitrogen and oxygen atoms in total. The van der Waals surface area contributed by atoms with Crippen LogP contribution in [0.5, 0.6) is 0 Å². The molecule has 0 bridgehead atoms. The first kappa shape index (κ1) is 10.1. The number of epoxide rings is 2. The van der Waals surface area contributed by atoms with Crippen LogP contribution in [0.4, 0.5) is 5.69 Å². The maximum Gasteiger partial charge on any atom is 0.0981 e. The van der Waals surface area contributed by atoms with Crippen LogP contribution in [-0.2, 0) is 15.9 Å². The summed E-state index contributed by atoms with van der Waals surface area (Å²) in [6, 6.07) is 6.44. The van der Waals surface area contributed by atoms with E-state index in [4.69, 9.17) is 9.47 Å². The number of nitrogens with one attached hydrogen (secondary N) is 1. The molecule has 1 N–H and O–H groups in total. The van der Waals surface area contributed by atoms with E-state index < -0.39 is 0 Å². The fourth-order valence-electron chi connectivity index (χ4n) is 1.94. The van der Waals surface area contributed by atoms with Gasteiger partial charge in [-0.15, -0.1) is 0 Å². The number of anilines is 1. The Hall–Kier alpha value is -1.06. The number of hydrogen-bond acceptors (Lipinski definition) is 3. The fraction of sp³-hybridized carbons (Fsp3) is 0.538. The molecule has 16 heavy (non-hydrogen) atoms. The predicted octanol–water partition coefficient (Wildman–Crippen LogP) is 1.75. The van der Waals surface area contributed by atoms with Crippen molar-refractivity contribution < 1.29 is 9.47 Å². The third-order valence-corrected chi connectivity index (χ3v) is 3.22. The molecule has 2 aliphatic heterocycles. The lowest BCUT2D eigenvalue weighted by Crippen LogP contribution is -2.09. The van der Waals surface area contributed by atoms with Crippen molar-refractivity contribution in [3.05, 3.63) is 29.3 Å². The average molecular weight is 219 g/mol.